The predicted molar refractivity (Wildman–Crippen MR) is 135 cm³/mol. The zero-order valence-corrected chi connectivity index (χ0v) is 21.9. The maximum atomic E-state index is 14.4. The molecule has 0 radical (unpaired) electrons. The molecule has 202 valence electrons. The lowest BCUT2D eigenvalue weighted by molar-refractivity contribution is 0.0174. The number of likely N-dealkylation sites (tertiary alicyclic amines) is 1. The Balaban J connectivity index is 1.13. The Morgan fingerprint density at radius 3 is 2.43 bits per heavy atom. The predicted octanol–water partition coefficient (Wildman–Crippen LogP) is 4.45. The summed E-state index contributed by atoms with van der Waals surface area (Å²) in [6, 6.07) is 5.71. The highest BCUT2D eigenvalue weighted by Gasteiger charge is 2.50. The molecule has 5 heterocycles. The molecule has 4 saturated heterocycles. The summed E-state index contributed by atoms with van der Waals surface area (Å²) < 4.78 is 31.0. The average molecular weight is 516 g/mol. The zero-order chi connectivity index (χ0) is 25.7. The number of amides is 2. The van der Waals surface area contributed by atoms with Gasteiger partial charge in [-0.2, -0.15) is 0 Å². The minimum absolute atomic E-state index is 0.106. The topological polar surface area (TPSA) is 71.6 Å². The molecule has 2 unspecified atom stereocenters. The summed E-state index contributed by atoms with van der Waals surface area (Å²) in [5, 5.41) is 0. The zero-order valence-electron chi connectivity index (χ0n) is 21.9. The van der Waals surface area contributed by atoms with Crippen molar-refractivity contribution >= 4 is 17.9 Å². The normalized spacial score (nSPS) is 30.7. The lowest BCUT2D eigenvalue weighted by atomic mass is 9.73. The van der Waals surface area contributed by atoms with Crippen LogP contribution in [-0.4, -0.2) is 85.2 Å². The van der Waals surface area contributed by atoms with Crippen LogP contribution < -0.4 is 4.90 Å². The molecule has 9 heteroatoms. The number of piperidine rings is 2. The molecule has 1 spiro atoms. The molecule has 3 atom stereocenters. The molecule has 4 fully saturated rings. The SMILES string of the molecule is CC(C)OC(=O)N1C2CCC1CC(N1CCC3(CC1)CN(C(=O)O[C@H]1CCOC1)c1ccc(F)cc13)C2. The van der Waals surface area contributed by atoms with E-state index in [1.807, 2.05) is 18.7 Å². The van der Waals surface area contributed by atoms with E-state index in [4.69, 9.17) is 14.2 Å². The van der Waals surface area contributed by atoms with Gasteiger partial charge in [0.1, 0.15) is 11.9 Å². The summed E-state index contributed by atoms with van der Waals surface area (Å²) in [6.07, 6.45) is 5.64. The molecule has 0 aromatic heterocycles. The fraction of sp³-hybridized carbons (Fsp3) is 0.714. The first-order chi connectivity index (χ1) is 17.8. The summed E-state index contributed by atoms with van der Waals surface area (Å²) in [4.78, 5) is 32.1. The van der Waals surface area contributed by atoms with Crippen LogP contribution in [0.3, 0.4) is 0 Å². The maximum absolute atomic E-state index is 14.4. The van der Waals surface area contributed by atoms with Gasteiger partial charge < -0.3 is 24.0 Å². The van der Waals surface area contributed by atoms with Gasteiger partial charge >= 0.3 is 12.2 Å². The number of nitrogens with zero attached hydrogens (tertiary/aromatic N) is 3. The number of carbonyl (C=O) groups excluding carboxylic acids is 2. The molecular weight excluding hydrogens is 477 g/mol. The summed E-state index contributed by atoms with van der Waals surface area (Å²) in [5.74, 6) is -0.266. The number of fused-ring (bicyclic) bond motifs is 4. The number of rotatable bonds is 3. The first-order valence-corrected chi connectivity index (χ1v) is 13.9. The van der Waals surface area contributed by atoms with Crippen molar-refractivity contribution in [1.82, 2.24) is 9.80 Å². The molecule has 1 aromatic rings. The third kappa shape index (κ3) is 4.58. The molecular formula is C28H38FN3O5. The molecule has 37 heavy (non-hydrogen) atoms. The van der Waals surface area contributed by atoms with E-state index in [0.29, 0.717) is 32.2 Å². The van der Waals surface area contributed by atoms with Gasteiger partial charge in [-0.25, -0.2) is 14.0 Å². The van der Waals surface area contributed by atoms with E-state index in [9.17, 15) is 14.0 Å². The van der Waals surface area contributed by atoms with Gasteiger partial charge in [0.05, 0.1) is 25.0 Å². The molecule has 0 saturated carbocycles. The Bertz CT molecular complexity index is 1020. The first-order valence-electron chi connectivity index (χ1n) is 13.9. The Kier molecular flexibility index (Phi) is 6.55. The third-order valence-electron chi connectivity index (χ3n) is 9.18. The van der Waals surface area contributed by atoms with Crippen molar-refractivity contribution in [3.63, 3.8) is 0 Å². The maximum Gasteiger partial charge on any atom is 0.414 e. The first kappa shape index (κ1) is 24.9. The van der Waals surface area contributed by atoms with Crippen LogP contribution in [0.1, 0.15) is 64.4 Å². The van der Waals surface area contributed by atoms with Crippen molar-refractivity contribution in [1.29, 1.82) is 0 Å². The van der Waals surface area contributed by atoms with Crippen LogP contribution in [0.15, 0.2) is 18.2 Å². The number of halogens is 1. The lowest BCUT2D eigenvalue weighted by Gasteiger charge is -2.47. The fourth-order valence-corrected chi connectivity index (χ4v) is 7.37. The Morgan fingerprint density at radius 1 is 1.05 bits per heavy atom. The quantitative estimate of drug-likeness (QED) is 0.593. The summed E-state index contributed by atoms with van der Waals surface area (Å²) >= 11 is 0. The largest absolute Gasteiger partial charge is 0.447 e. The molecule has 5 aliphatic heterocycles. The number of carbonyl (C=O) groups is 2. The Morgan fingerprint density at radius 2 is 1.78 bits per heavy atom. The van der Waals surface area contributed by atoms with E-state index in [0.717, 1.165) is 62.9 Å². The highest BCUT2D eigenvalue weighted by atomic mass is 19.1. The van der Waals surface area contributed by atoms with Gasteiger partial charge in [-0.05, 0) is 89.2 Å². The number of benzene rings is 1. The third-order valence-corrected chi connectivity index (χ3v) is 9.18. The fourth-order valence-electron chi connectivity index (χ4n) is 7.37. The molecule has 0 aliphatic carbocycles. The van der Waals surface area contributed by atoms with Crippen LogP contribution >= 0.6 is 0 Å². The minimum Gasteiger partial charge on any atom is -0.447 e. The van der Waals surface area contributed by atoms with Crippen LogP contribution in [0.25, 0.3) is 0 Å². The molecule has 2 bridgehead atoms. The highest BCUT2D eigenvalue weighted by Crippen LogP contribution is 2.49. The van der Waals surface area contributed by atoms with Gasteiger partial charge in [-0.3, -0.25) is 4.90 Å². The smallest absolute Gasteiger partial charge is 0.414 e. The molecule has 5 aliphatic rings. The van der Waals surface area contributed by atoms with Crippen molar-refractivity contribution in [2.24, 2.45) is 0 Å². The summed E-state index contributed by atoms with van der Waals surface area (Å²) in [5.41, 5.74) is 1.44. The number of anilines is 1. The van der Waals surface area contributed by atoms with Crippen molar-refractivity contribution in [2.75, 3.05) is 37.7 Å². The van der Waals surface area contributed by atoms with E-state index in [2.05, 4.69) is 4.90 Å². The molecule has 6 rings (SSSR count). The average Bonchev–Trinajstić information content (AvgIpc) is 3.55. The van der Waals surface area contributed by atoms with Crippen molar-refractivity contribution in [2.45, 2.75) is 94.5 Å². The van der Waals surface area contributed by atoms with E-state index in [1.54, 1.807) is 17.0 Å². The van der Waals surface area contributed by atoms with Crippen LogP contribution in [0.5, 0.6) is 0 Å². The standard InChI is InChI=1S/C28H38FN3O5/c1-18(2)36-27(34)32-20-4-5-21(32)15-22(14-20)30-10-8-28(9-11-30)17-31(25-6-3-19(29)13-24(25)28)26(33)37-23-7-12-35-16-23/h3,6,13,18,20-23H,4-5,7-12,14-17H2,1-2H3/t20?,21?,22?,23-/m0/s1. The number of ether oxygens (including phenoxy) is 3. The molecule has 1 aromatic carbocycles. The van der Waals surface area contributed by atoms with Crippen molar-refractivity contribution in [3.05, 3.63) is 29.6 Å². The molecule has 0 N–H and O–H groups in total. The van der Waals surface area contributed by atoms with Gasteiger partial charge in [0.2, 0.25) is 0 Å². The van der Waals surface area contributed by atoms with Gasteiger partial charge in [-0.15, -0.1) is 0 Å². The van der Waals surface area contributed by atoms with Crippen LogP contribution in [0.4, 0.5) is 19.7 Å². The second-order valence-corrected chi connectivity index (χ2v) is 11.8. The summed E-state index contributed by atoms with van der Waals surface area (Å²) in [6.45, 7) is 7.16. The number of hydrogen-bond donors (Lipinski definition) is 0. The molecule has 2 amide bonds. The second kappa shape index (κ2) is 9.73. The number of hydrogen-bond acceptors (Lipinski definition) is 6. The Hall–Kier alpha value is -2.39. The van der Waals surface area contributed by atoms with Crippen LogP contribution in [-0.2, 0) is 19.6 Å². The summed E-state index contributed by atoms with van der Waals surface area (Å²) in [7, 11) is 0. The molecule has 8 nitrogen and oxygen atoms in total. The van der Waals surface area contributed by atoms with Crippen LogP contribution in [0.2, 0.25) is 0 Å². The van der Waals surface area contributed by atoms with E-state index < -0.39 is 0 Å². The highest BCUT2D eigenvalue weighted by molar-refractivity contribution is 5.91. The Labute approximate surface area is 218 Å². The van der Waals surface area contributed by atoms with Gasteiger partial charge in [0.25, 0.3) is 0 Å². The van der Waals surface area contributed by atoms with Gasteiger partial charge in [0, 0.05) is 36.5 Å². The van der Waals surface area contributed by atoms with Crippen LogP contribution in [0, 0.1) is 5.82 Å². The van der Waals surface area contributed by atoms with Crippen molar-refractivity contribution in [3.8, 4) is 0 Å². The minimum atomic E-state index is -0.361. The van der Waals surface area contributed by atoms with E-state index >= 15 is 0 Å². The van der Waals surface area contributed by atoms with Gasteiger partial charge in [0.15, 0.2) is 0 Å². The van der Waals surface area contributed by atoms with Crippen molar-refractivity contribution < 1.29 is 28.2 Å². The van der Waals surface area contributed by atoms with Gasteiger partial charge in [-0.1, -0.05) is 0 Å². The monoisotopic (exact) mass is 515 g/mol. The lowest BCUT2D eigenvalue weighted by Crippen LogP contribution is -2.55. The second-order valence-electron chi connectivity index (χ2n) is 11.8. The van der Waals surface area contributed by atoms with E-state index in [-0.39, 0.29) is 47.7 Å². The van der Waals surface area contributed by atoms with E-state index in [1.165, 1.54) is 6.07 Å².